The first-order chi connectivity index (χ1) is 24.7. The van der Waals surface area contributed by atoms with Crippen molar-refractivity contribution in [1.82, 2.24) is 0 Å². The predicted molar refractivity (Wildman–Crippen MR) is 220 cm³/mol. The molecule has 9 rings (SSSR count). The van der Waals surface area contributed by atoms with Gasteiger partial charge in [0, 0.05) is 20.2 Å². The number of thiophene rings is 1. The molecule has 0 atom stereocenters. The molecule has 1 heterocycles. The average molecular weight is 655 g/mol. The first kappa shape index (κ1) is 30.1. The number of allylic oxidation sites excluding steroid dienone is 1. The minimum Gasteiger partial charge on any atom is -0.135 e. The molecule has 0 saturated carbocycles. The van der Waals surface area contributed by atoms with E-state index in [0.717, 1.165) is 0 Å². The summed E-state index contributed by atoms with van der Waals surface area (Å²) in [6.45, 7) is 6.32. The zero-order chi connectivity index (χ0) is 33.6. The van der Waals surface area contributed by atoms with Crippen LogP contribution in [-0.4, -0.2) is 0 Å². The minimum absolute atomic E-state index is 1.19. The lowest BCUT2D eigenvalue weighted by Crippen LogP contribution is -2.29. The Morgan fingerprint density at radius 3 is 1.82 bits per heavy atom. The molecule has 0 fully saturated rings. The zero-order valence-corrected chi connectivity index (χ0v) is 28.7. The van der Waals surface area contributed by atoms with Crippen molar-refractivity contribution in [1.29, 1.82) is 0 Å². The van der Waals surface area contributed by atoms with Crippen molar-refractivity contribution in [2.45, 2.75) is 6.92 Å². The molecule has 8 aromatic carbocycles. The summed E-state index contributed by atoms with van der Waals surface area (Å²) in [5, 5.41) is 10.0. The van der Waals surface area contributed by atoms with Crippen LogP contribution in [0, 0.1) is 0 Å². The second-order valence-corrected chi connectivity index (χ2v) is 13.8. The molecule has 0 aliphatic carbocycles. The Morgan fingerprint density at radius 1 is 0.460 bits per heavy atom. The Balaban J connectivity index is 1.24. The van der Waals surface area contributed by atoms with Crippen molar-refractivity contribution in [3.8, 4) is 44.5 Å². The lowest BCUT2D eigenvalue weighted by Gasteiger charge is -2.17. The fraction of sp³-hybridized carbons (Fsp3) is 0.0204. The van der Waals surface area contributed by atoms with Gasteiger partial charge in [0.2, 0.25) is 0 Å². The average Bonchev–Trinajstić information content (AvgIpc) is 3.56. The summed E-state index contributed by atoms with van der Waals surface area (Å²) >= 11 is 1.88. The van der Waals surface area contributed by atoms with Crippen LogP contribution in [-0.2, 0) is 0 Å². The number of benzene rings is 8. The molecule has 0 spiro atoms. The van der Waals surface area contributed by atoms with E-state index >= 15 is 0 Å². The summed E-state index contributed by atoms with van der Waals surface area (Å²) < 4.78 is 2.67. The molecule has 0 aliphatic rings. The first-order valence-electron chi connectivity index (χ1n) is 17.2. The van der Waals surface area contributed by atoms with Gasteiger partial charge in [-0.2, -0.15) is 0 Å². The van der Waals surface area contributed by atoms with Gasteiger partial charge in [-0.3, -0.25) is 0 Å². The smallest absolute Gasteiger partial charge is 0.0433 e. The monoisotopic (exact) mass is 654 g/mol. The van der Waals surface area contributed by atoms with E-state index in [2.05, 4.69) is 183 Å². The topological polar surface area (TPSA) is 0 Å². The fourth-order valence-electron chi connectivity index (χ4n) is 7.80. The Labute approximate surface area is 296 Å². The molecule has 0 bridgehead atoms. The fourth-order valence-corrected chi connectivity index (χ4v) is 9.04. The second-order valence-electron chi connectivity index (χ2n) is 12.8. The third-order valence-corrected chi connectivity index (χ3v) is 11.2. The van der Waals surface area contributed by atoms with Gasteiger partial charge < -0.3 is 0 Å². The van der Waals surface area contributed by atoms with Crippen LogP contribution in [0.2, 0.25) is 0 Å². The van der Waals surface area contributed by atoms with E-state index in [1.807, 2.05) is 17.4 Å². The van der Waals surface area contributed by atoms with E-state index in [4.69, 9.17) is 0 Å². The predicted octanol–water partition coefficient (Wildman–Crippen LogP) is 12.8. The van der Waals surface area contributed by atoms with E-state index in [1.165, 1.54) is 96.7 Å². The van der Waals surface area contributed by atoms with E-state index in [0.29, 0.717) is 0 Å². The highest BCUT2D eigenvalue weighted by Gasteiger charge is 2.16. The van der Waals surface area contributed by atoms with Gasteiger partial charge in [0.05, 0.1) is 0 Å². The second kappa shape index (κ2) is 12.5. The molecule has 9 aromatic rings. The van der Waals surface area contributed by atoms with E-state index in [-0.39, 0.29) is 0 Å². The number of hydrogen-bond donors (Lipinski definition) is 0. The standard InChI is InChI=1S/C49H34S/c1-3-14-42-37(4-2)47(34-29-27-33(28-30-34)40-24-13-25-45-41-20-9-10-26-46(41)50-49(40)45)43-21-7-8-22-44(43)48(42)36-18-11-17-35(31-36)39-23-12-16-32-15-5-6-19-38(32)39/h3-31H,1H2,2H3/b37-4+,42-14+. The van der Waals surface area contributed by atoms with Crippen molar-refractivity contribution < 1.29 is 0 Å². The molecule has 50 heavy (non-hydrogen) atoms. The highest BCUT2D eigenvalue weighted by molar-refractivity contribution is 7.26. The third kappa shape index (κ3) is 4.90. The lowest BCUT2D eigenvalue weighted by molar-refractivity contribution is 1.51. The van der Waals surface area contributed by atoms with Crippen LogP contribution in [0.5, 0.6) is 0 Å². The molecular weight excluding hydrogens is 621 g/mol. The molecule has 0 amide bonds. The van der Waals surface area contributed by atoms with Crippen molar-refractivity contribution >= 4 is 65.2 Å². The van der Waals surface area contributed by atoms with Crippen molar-refractivity contribution in [2.24, 2.45) is 0 Å². The summed E-state index contributed by atoms with van der Waals surface area (Å²) in [5.41, 5.74) is 9.85. The third-order valence-electron chi connectivity index (χ3n) is 10.0. The van der Waals surface area contributed by atoms with Gasteiger partial charge in [-0.05, 0) is 95.5 Å². The van der Waals surface area contributed by atoms with Gasteiger partial charge in [-0.1, -0.05) is 170 Å². The zero-order valence-electron chi connectivity index (χ0n) is 27.9. The molecule has 0 N–H and O–H groups in total. The van der Waals surface area contributed by atoms with Crippen LogP contribution in [0.4, 0.5) is 0 Å². The number of fused-ring (bicyclic) bond motifs is 5. The minimum atomic E-state index is 1.19. The molecule has 1 aromatic heterocycles. The van der Waals surface area contributed by atoms with Crippen molar-refractivity contribution in [3.05, 3.63) is 181 Å². The quantitative estimate of drug-likeness (QED) is 0.173. The summed E-state index contributed by atoms with van der Waals surface area (Å²) in [6.07, 6.45) is 6.37. The number of rotatable bonds is 5. The Morgan fingerprint density at radius 2 is 1.04 bits per heavy atom. The van der Waals surface area contributed by atoms with Crippen LogP contribution in [0.15, 0.2) is 170 Å². The molecule has 0 saturated heterocycles. The van der Waals surface area contributed by atoms with Gasteiger partial charge in [0.25, 0.3) is 0 Å². The van der Waals surface area contributed by atoms with Gasteiger partial charge in [-0.15, -0.1) is 11.3 Å². The van der Waals surface area contributed by atoms with Crippen LogP contribution in [0.25, 0.3) is 98.4 Å². The Hall–Kier alpha value is -6.02. The van der Waals surface area contributed by atoms with Crippen LogP contribution < -0.4 is 10.4 Å². The maximum atomic E-state index is 4.17. The highest BCUT2D eigenvalue weighted by atomic mass is 32.1. The van der Waals surface area contributed by atoms with Crippen LogP contribution in [0.1, 0.15) is 6.92 Å². The molecule has 1 heteroatoms. The van der Waals surface area contributed by atoms with Gasteiger partial charge in [0.1, 0.15) is 0 Å². The van der Waals surface area contributed by atoms with Crippen molar-refractivity contribution in [2.75, 3.05) is 0 Å². The lowest BCUT2D eigenvalue weighted by atomic mass is 9.86. The van der Waals surface area contributed by atoms with Gasteiger partial charge >= 0.3 is 0 Å². The number of hydrogen-bond acceptors (Lipinski definition) is 1. The van der Waals surface area contributed by atoms with Crippen molar-refractivity contribution in [3.63, 3.8) is 0 Å². The Bertz CT molecular complexity index is 2880. The van der Waals surface area contributed by atoms with Crippen LogP contribution in [0.3, 0.4) is 0 Å². The molecule has 0 aliphatic heterocycles. The molecular formula is C49H34S. The van der Waals surface area contributed by atoms with E-state index in [1.54, 1.807) is 0 Å². The van der Waals surface area contributed by atoms with Gasteiger partial charge in [-0.25, -0.2) is 0 Å². The molecule has 0 unspecified atom stereocenters. The van der Waals surface area contributed by atoms with Crippen LogP contribution >= 0.6 is 11.3 Å². The molecule has 0 nitrogen and oxygen atoms in total. The summed E-state index contributed by atoms with van der Waals surface area (Å²) in [5.74, 6) is 0. The maximum Gasteiger partial charge on any atom is 0.0433 e. The summed E-state index contributed by atoms with van der Waals surface area (Å²) in [4.78, 5) is 0. The Kier molecular flexibility index (Phi) is 7.49. The largest absolute Gasteiger partial charge is 0.135 e. The molecule has 236 valence electrons. The molecule has 0 radical (unpaired) electrons. The summed E-state index contributed by atoms with van der Waals surface area (Å²) in [6, 6.07) is 57.7. The maximum absolute atomic E-state index is 4.17. The normalized spacial score (nSPS) is 12.4. The first-order valence-corrected chi connectivity index (χ1v) is 18.0. The van der Waals surface area contributed by atoms with Gasteiger partial charge in [0.15, 0.2) is 0 Å². The highest BCUT2D eigenvalue weighted by Crippen LogP contribution is 2.41. The SMILES string of the molecule is C=C/C=c1/c(-c2cccc(-c3cccc4ccccc34)c2)c2ccccc2c(-c2ccc(-c3cccc4c3sc3ccccc34)cc2)/c1=C/C. The van der Waals surface area contributed by atoms with E-state index < -0.39 is 0 Å². The summed E-state index contributed by atoms with van der Waals surface area (Å²) in [7, 11) is 0. The van der Waals surface area contributed by atoms with E-state index in [9.17, 15) is 0 Å².